The Morgan fingerprint density at radius 2 is 1.50 bits per heavy atom. The number of rotatable bonds is 8. The van der Waals surface area contributed by atoms with E-state index in [1.807, 2.05) is 6.92 Å². The van der Waals surface area contributed by atoms with E-state index in [2.05, 4.69) is 0 Å². The van der Waals surface area contributed by atoms with Crippen LogP contribution in [0, 0.1) is 5.92 Å². The van der Waals surface area contributed by atoms with Crippen molar-refractivity contribution in [3.8, 4) is 0 Å². The summed E-state index contributed by atoms with van der Waals surface area (Å²) in [5, 5.41) is 8.46. The summed E-state index contributed by atoms with van der Waals surface area (Å²) in [5.74, 6) is 0.227. The van der Waals surface area contributed by atoms with E-state index in [0.717, 1.165) is 12.6 Å². The van der Waals surface area contributed by atoms with Gasteiger partial charge in [-0.3, -0.25) is 0 Å². The molecule has 0 saturated carbocycles. The summed E-state index contributed by atoms with van der Waals surface area (Å²) in [4.78, 5) is 38.8. The molecule has 92 valence electrons. The van der Waals surface area contributed by atoms with Crippen LogP contribution in [-0.2, 0) is 19.2 Å². The van der Waals surface area contributed by atoms with Crippen molar-refractivity contribution in [3.63, 3.8) is 0 Å². The highest BCUT2D eigenvalue weighted by Gasteiger charge is 1.97. The van der Waals surface area contributed by atoms with E-state index < -0.39 is 6.10 Å². The normalized spacial score (nSPS) is 10.9. The zero-order chi connectivity index (χ0) is 12.8. The molecular formula is C11H18O5. The molecule has 0 fully saturated rings. The molecule has 0 aliphatic carbocycles. The molecule has 1 atom stereocenters. The largest absolute Gasteiger partial charge is 0.386 e. The first-order valence-electron chi connectivity index (χ1n) is 5.06. The highest BCUT2D eigenvalue weighted by atomic mass is 16.3. The van der Waals surface area contributed by atoms with Gasteiger partial charge in [-0.1, -0.05) is 6.92 Å². The highest BCUT2D eigenvalue weighted by Crippen LogP contribution is 2.00. The van der Waals surface area contributed by atoms with Crippen molar-refractivity contribution in [2.24, 2.45) is 5.92 Å². The molecule has 5 heteroatoms. The summed E-state index contributed by atoms with van der Waals surface area (Å²) in [6.45, 7) is 1.88. The third-order valence-electron chi connectivity index (χ3n) is 1.73. The summed E-state index contributed by atoms with van der Waals surface area (Å²) in [7, 11) is 0. The quantitative estimate of drug-likeness (QED) is 0.607. The Kier molecular flexibility index (Phi) is 14.5. The lowest BCUT2D eigenvalue weighted by Crippen LogP contribution is -2.06. The fourth-order valence-corrected chi connectivity index (χ4v) is 0.732. The molecule has 0 aliphatic heterocycles. The lowest BCUT2D eigenvalue weighted by Gasteiger charge is -1.97. The first kappa shape index (κ1) is 17.0. The molecule has 0 aromatic rings. The highest BCUT2D eigenvalue weighted by molar-refractivity contribution is 5.57. The molecule has 0 saturated heterocycles. The van der Waals surface area contributed by atoms with Gasteiger partial charge >= 0.3 is 0 Å². The molecule has 0 amide bonds. The van der Waals surface area contributed by atoms with Crippen molar-refractivity contribution in [2.45, 2.75) is 38.7 Å². The SMILES string of the molecule is CC(CC=O)CC=O.O=CCCC(O)C=O. The Bertz CT molecular complexity index is 193. The van der Waals surface area contributed by atoms with E-state index in [4.69, 9.17) is 5.11 Å². The number of carbonyl (C=O) groups is 4. The molecule has 0 aromatic heterocycles. The van der Waals surface area contributed by atoms with Crippen molar-refractivity contribution in [3.05, 3.63) is 0 Å². The van der Waals surface area contributed by atoms with Crippen LogP contribution >= 0.6 is 0 Å². The van der Waals surface area contributed by atoms with E-state index in [-0.39, 0.29) is 18.8 Å². The molecule has 0 rings (SSSR count). The zero-order valence-corrected chi connectivity index (χ0v) is 9.37. The van der Waals surface area contributed by atoms with E-state index in [0.29, 0.717) is 25.4 Å². The molecule has 0 aliphatic rings. The molecular weight excluding hydrogens is 212 g/mol. The monoisotopic (exact) mass is 230 g/mol. The predicted molar refractivity (Wildman–Crippen MR) is 57.9 cm³/mol. The lowest BCUT2D eigenvalue weighted by atomic mass is 10.1. The molecule has 5 nitrogen and oxygen atoms in total. The Hall–Kier alpha value is -1.36. The van der Waals surface area contributed by atoms with Crippen LogP contribution in [0.5, 0.6) is 0 Å². The third-order valence-corrected chi connectivity index (χ3v) is 1.73. The van der Waals surface area contributed by atoms with E-state index in [1.165, 1.54) is 0 Å². The number of aldehydes is 4. The Morgan fingerprint density at radius 1 is 1.00 bits per heavy atom. The average Bonchev–Trinajstić information content (AvgIpc) is 2.27. The molecule has 0 bridgehead atoms. The van der Waals surface area contributed by atoms with E-state index in [1.54, 1.807) is 0 Å². The van der Waals surface area contributed by atoms with Crippen LogP contribution in [0.25, 0.3) is 0 Å². The van der Waals surface area contributed by atoms with Crippen LogP contribution in [0.1, 0.15) is 32.6 Å². The van der Waals surface area contributed by atoms with Crippen LogP contribution in [0.15, 0.2) is 0 Å². The van der Waals surface area contributed by atoms with Crippen LogP contribution in [-0.4, -0.2) is 36.4 Å². The number of aliphatic hydroxyl groups excluding tert-OH is 1. The second-order valence-corrected chi connectivity index (χ2v) is 3.36. The summed E-state index contributed by atoms with van der Waals surface area (Å²) in [5.41, 5.74) is 0. The summed E-state index contributed by atoms with van der Waals surface area (Å²) in [6.07, 6.45) is 3.31. The van der Waals surface area contributed by atoms with Crippen LogP contribution in [0.3, 0.4) is 0 Å². The van der Waals surface area contributed by atoms with Crippen LogP contribution in [0.2, 0.25) is 0 Å². The number of hydrogen-bond acceptors (Lipinski definition) is 5. The average molecular weight is 230 g/mol. The lowest BCUT2D eigenvalue weighted by molar-refractivity contribution is -0.115. The van der Waals surface area contributed by atoms with Gasteiger partial charge in [-0.25, -0.2) is 0 Å². The first-order valence-corrected chi connectivity index (χ1v) is 5.06. The Labute approximate surface area is 94.8 Å². The van der Waals surface area contributed by atoms with Gasteiger partial charge in [0, 0.05) is 19.3 Å². The predicted octanol–water partition coefficient (Wildman–Crippen LogP) is 0.326. The van der Waals surface area contributed by atoms with Gasteiger partial charge < -0.3 is 24.3 Å². The first-order chi connectivity index (χ1) is 7.62. The van der Waals surface area contributed by atoms with Crippen molar-refractivity contribution < 1.29 is 24.3 Å². The van der Waals surface area contributed by atoms with E-state index in [9.17, 15) is 19.2 Å². The van der Waals surface area contributed by atoms with Crippen molar-refractivity contribution in [1.29, 1.82) is 0 Å². The van der Waals surface area contributed by atoms with Crippen LogP contribution < -0.4 is 0 Å². The Balaban J connectivity index is 0. The van der Waals surface area contributed by atoms with Crippen molar-refractivity contribution >= 4 is 25.1 Å². The van der Waals surface area contributed by atoms with E-state index >= 15 is 0 Å². The molecule has 1 N–H and O–H groups in total. The van der Waals surface area contributed by atoms with Gasteiger partial charge in [0.2, 0.25) is 0 Å². The standard InChI is InChI=1S/C6H10O2.C5H8O3/c1-6(2-4-7)3-5-8;6-3-1-2-5(8)4-7/h4-6H,2-3H2,1H3;3-5,8H,1-2H2. The molecule has 0 spiro atoms. The summed E-state index contributed by atoms with van der Waals surface area (Å²) in [6, 6.07) is 0. The summed E-state index contributed by atoms with van der Waals surface area (Å²) < 4.78 is 0. The topological polar surface area (TPSA) is 88.5 Å². The maximum atomic E-state index is 9.77. The second-order valence-electron chi connectivity index (χ2n) is 3.36. The third kappa shape index (κ3) is 15.1. The Morgan fingerprint density at radius 3 is 1.81 bits per heavy atom. The fourth-order valence-electron chi connectivity index (χ4n) is 0.732. The van der Waals surface area contributed by atoms with Gasteiger partial charge in [-0.05, 0) is 12.3 Å². The molecule has 0 aromatic carbocycles. The second kappa shape index (κ2) is 13.6. The van der Waals surface area contributed by atoms with Gasteiger partial charge in [0.1, 0.15) is 31.2 Å². The van der Waals surface area contributed by atoms with Gasteiger partial charge in [0.15, 0.2) is 0 Å². The van der Waals surface area contributed by atoms with Crippen molar-refractivity contribution in [2.75, 3.05) is 0 Å². The van der Waals surface area contributed by atoms with Gasteiger partial charge in [-0.2, -0.15) is 0 Å². The zero-order valence-electron chi connectivity index (χ0n) is 9.37. The molecule has 0 heterocycles. The number of aliphatic hydroxyl groups is 1. The minimum atomic E-state index is -0.958. The molecule has 0 radical (unpaired) electrons. The van der Waals surface area contributed by atoms with Gasteiger partial charge in [0.05, 0.1) is 0 Å². The molecule has 16 heavy (non-hydrogen) atoms. The summed E-state index contributed by atoms with van der Waals surface area (Å²) >= 11 is 0. The van der Waals surface area contributed by atoms with Gasteiger partial charge in [0.25, 0.3) is 0 Å². The van der Waals surface area contributed by atoms with Gasteiger partial charge in [-0.15, -0.1) is 0 Å². The maximum Gasteiger partial charge on any atom is 0.148 e. The molecule has 1 unspecified atom stereocenters. The van der Waals surface area contributed by atoms with Crippen molar-refractivity contribution in [1.82, 2.24) is 0 Å². The minimum absolute atomic E-state index is 0.227. The van der Waals surface area contributed by atoms with Crippen LogP contribution in [0.4, 0.5) is 0 Å². The fraction of sp³-hybridized carbons (Fsp3) is 0.636. The minimum Gasteiger partial charge on any atom is -0.386 e. The maximum absolute atomic E-state index is 9.77. The number of carbonyl (C=O) groups excluding carboxylic acids is 4. The number of hydrogen-bond donors (Lipinski definition) is 1. The smallest absolute Gasteiger partial charge is 0.148 e.